The Hall–Kier alpha value is -3.35. The molecule has 1 aromatic carbocycles. The van der Waals surface area contributed by atoms with Gasteiger partial charge in [-0.1, -0.05) is 6.07 Å². The van der Waals surface area contributed by atoms with E-state index in [0.717, 1.165) is 17.0 Å². The average molecular weight is 352 g/mol. The van der Waals surface area contributed by atoms with E-state index >= 15 is 0 Å². The minimum Gasteiger partial charge on any atom is -0.497 e. The zero-order valence-electron chi connectivity index (χ0n) is 14.7. The van der Waals surface area contributed by atoms with Crippen LogP contribution in [-0.4, -0.2) is 41.3 Å². The van der Waals surface area contributed by atoms with Crippen LogP contribution >= 0.6 is 0 Å². The molecule has 3 aromatic rings. The van der Waals surface area contributed by atoms with Crippen molar-refractivity contribution < 1.29 is 14.3 Å². The summed E-state index contributed by atoms with van der Waals surface area (Å²) in [6.07, 6.45) is 5.70. The Balaban J connectivity index is 1.56. The quantitative estimate of drug-likeness (QED) is 0.659. The van der Waals surface area contributed by atoms with E-state index in [1.54, 1.807) is 26.4 Å². The standard InChI is InChI=1S/C19H20N4O3/c1-25-15-11-14(12-16(13-15)26-2)6-7-19(24)20-9-8-18-22-21-17-5-3-4-10-23(17)18/h3-7,10-13H,8-9H2,1-2H3,(H,20,24)/b7-6+. The zero-order valence-corrected chi connectivity index (χ0v) is 14.7. The van der Waals surface area contributed by atoms with Crippen LogP contribution in [0.1, 0.15) is 11.4 Å². The highest BCUT2D eigenvalue weighted by molar-refractivity contribution is 5.91. The summed E-state index contributed by atoms with van der Waals surface area (Å²) in [5, 5.41) is 11.1. The number of carbonyl (C=O) groups is 1. The first-order valence-electron chi connectivity index (χ1n) is 8.17. The summed E-state index contributed by atoms with van der Waals surface area (Å²) in [7, 11) is 3.17. The molecule has 2 aromatic heterocycles. The molecule has 26 heavy (non-hydrogen) atoms. The van der Waals surface area contributed by atoms with Crippen LogP contribution in [0.2, 0.25) is 0 Å². The maximum absolute atomic E-state index is 12.0. The number of benzene rings is 1. The number of pyridine rings is 1. The zero-order chi connectivity index (χ0) is 18.4. The number of hydrogen-bond donors (Lipinski definition) is 1. The first-order chi connectivity index (χ1) is 12.7. The molecule has 7 heteroatoms. The Morgan fingerprint density at radius 1 is 1.15 bits per heavy atom. The first-order valence-corrected chi connectivity index (χ1v) is 8.17. The van der Waals surface area contributed by atoms with E-state index in [4.69, 9.17) is 9.47 Å². The van der Waals surface area contributed by atoms with Gasteiger partial charge >= 0.3 is 0 Å². The molecule has 0 unspecified atom stereocenters. The van der Waals surface area contributed by atoms with Crippen LogP contribution in [0.25, 0.3) is 11.7 Å². The van der Waals surface area contributed by atoms with E-state index in [9.17, 15) is 4.79 Å². The number of hydrogen-bond acceptors (Lipinski definition) is 5. The van der Waals surface area contributed by atoms with Crippen molar-refractivity contribution in [3.8, 4) is 11.5 Å². The number of carbonyl (C=O) groups excluding carboxylic acids is 1. The van der Waals surface area contributed by atoms with Crippen molar-refractivity contribution in [2.24, 2.45) is 0 Å². The Bertz CT molecular complexity index is 911. The molecule has 0 saturated heterocycles. The van der Waals surface area contributed by atoms with Gasteiger partial charge in [-0.2, -0.15) is 0 Å². The maximum Gasteiger partial charge on any atom is 0.244 e. The summed E-state index contributed by atoms with van der Waals surface area (Å²) in [4.78, 5) is 12.0. The molecule has 0 fully saturated rings. The summed E-state index contributed by atoms with van der Waals surface area (Å²) in [6, 6.07) is 11.2. The summed E-state index contributed by atoms with van der Waals surface area (Å²) in [5.41, 5.74) is 1.61. The highest BCUT2D eigenvalue weighted by atomic mass is 16.5. The predicted molar refractivity (Wildman–Crippen MR) is 98.3 cm³/mol. The fourth-order valence-electron chi connectivity index (χ4n) is 2.52. The molecule has 3 rings (SSSR count). The van der Waals surface area contributed by atoms with Crippen molar-refractivity contribution in [3.05, 3.63) is 60.1 Å². The minimum atomic E-state index is -0.180. The van der Waals surface area contributed by atoms with Crippen molar-refractivity contribution in [1.82, 2.24) is 19.9 Å². The second-order valence-corrected chi connectivity index (χ2v) is 5.57. The van der Waals surface area contributed by atoms with Gasteiger partial charge in [-0.05, 0) is 35.9 Å². The van der Waals surface area contributed by atoms with Crippen molar-refractivity contribution in [2.75, 3.05) is 20.8 Å². The molecule has 1 amide bonds. The molecule has 0 bridgehead atoms. The summed E-state index contributed by atoms with van der Waals surface area (Å²) >= 11 is 0. The highest BCUT2D eigenvalue weighted by Gasteiger charge is 2.05. The lowest BCUT2D eigenvalue weighted by Crippen LogP contribution is -2.24. The van der Waals surface area contributed by atoms with Crippen LogP contribution in [0.15, 0.2) is 48.7 Å². The van der Waals surface area contributed by atoms with Gasteiger partial charge in [-0.15, -0.1) is 10.2 Å². The summed E-state index contributed by atoms with van der Waals surface area (Å²) in [6.45, 7) is 0.473. The number of aromatic nitrogens is 3. The molecule has 0 aliphatic heterocycles. The van der Waals surface area contributed by atoms with Crippen molar-refractivity contribution in [1.29, 1.82) is 0 Å². The lowest BCUT2D eigenvalue weighted by atomic mass is 10.2. The Morgan fingerprint density at radius 3 is 2.65 bits per heavy atom. The molecule has 7 nitrogen and oxygen atoms in total. The number of amides is 1. The lowest BCUT2D eigenvalue weighted by molar-refractivity contribution is -0.116. The van der Waals surface area contributed by atoms with E-state index < -0.39 is 0 Å². The molecule has 0 saturated carbocycles. The molecule has 2 heterocycles. The van der Waals surface area contributed by atoms with E-state index in [-0.39, 0.29) is 5.91 Å². The van der Waals surface area contributed by atoms with Gasteiger partial charge in [0.25, 0.3) is 0 Å². The highest BCUT2D eigenvalue weighted by Crippen LogP contribution is 2.23. The third-order valence-corrected chi connectivity index (χ3v) is 3.83. The van der Waals surface area contributed by atoms with Gasteiger partial charge in [0.05, 0.1) is 14.2 Å². The number of methoxy groups -OCH3 is 2. The lowest BCUT2D eigenvalue weighted by Gasteiger charge is -2.06. The monoisotopic (exact) mass is 352 g/mol. The smallest absolute Gasteiger partial charge is 0.244 e. The van der Waals surface area contributed by atoms with Crippen LogP contribution in [-0.2, 0) is 11.2 Å². The SMILES string of the molecule is COc1cc(/C=C/C(=O)NCCc2nnc3ccccn23)cc(OC)c1. The van der Waals surface area contributed by atoms with Crippen LogP contribution in [0, 0.1) is 0 Å². The topological polar surface area (TPSA) is 77.8 Å². The van der Waals surface area contributed by atoms with E-state index in [2.05, 4.69) is 15.5 Å². The first kappa shape index (κ1) is 17.5. The molecule has 0 spiro atoms. The van der Waals surface area contributed by atoms with Crippen molar-refractivity contribution in [3.63, 3.8) is 0 Å². The van der Waals surface area contributed by atoms with Crippen LogP contribution in [0.4, 0.5) is 0 Å². The van der Waals surface area contributed by atoms with Crippen molar-refractivity contribution >= 4 is 17.6 Å². The summed E-state index contributed by atoms with van der Waals surface area (Å²) < 4.78 is 12.3. The number of fused-ring (bicyclic) bond motifs is 1. The third kappa shape index (κ3) is 4.18. The van der Waals surface area contributed by atoms with E-state index in [1.165, 1.54) is 6.08 Å². The Kier molecular flexibility index (Phi) is 5.48. The number of ether oxygens (including phenoxy) is 2. The number of nitrogens with zero attached hydrogens (tertiary/aromatic N) is 3. The van der Waals surface area contributed by atoms with Gasteiger partial charge in [0, 0.05) is 31.3 Å². The van der Waals surface area contributed by atoms with Gasteiger partial charge in [-0.3, -0.25) is 9.20 Å². The van der Waals surface area contributed by atoms with Gasteiger partial charge < -0.3 is 14.8 Å². The average Bonchev–Trinajstić information content (AvgIpc) is 3.09. The van der Waals surface area contributed by atoms with E-state index in [0.29, 0.717) is 24.5 Å². The largest absolute Gasteiger partial charge is 0.497 e. The normalized spacial score (nSPS) is 11.0. The molecule has 134 valence electrons. The Labute approximate surface area is 151 Å². The third-order valence-electron chi connectivity index (χ3n) is 3.83. The van der Waals surface area contributed by atoms with Gasteiger partial charge in [0.15, 0.2) is 5.65 Å². The molecule has 1 N–H and O–H groups in total. The van der Waals surface area contributed by atoms with Gasteiger partial charge in [-0.25, -0.2) is 0 Å². The minimum absolute atomic E-state index is 0.180. The number of nitrogens with one attached hydrogen (secondary N) is 1. The molecule has 0 atom stereocenters. The van der Waals surface area contributed by atoms with Crippen LogP contribution in [0.5, 0.6) is 11.5 Å². The molecule has 0 aliphatic carbocycles. The predicted octanol–water partition coefficient (Wildman–Crippen LogP) is 2.12. The molecular formula is C19H20N4O3. The van der Waals surface area contributed by atoms with Crippen LogP contribution < -0.4 is 14.8 Å². The fourth-order valence-corrected chi connectivity index (χ4v) is 2.52. The van der Waals surface area contributed by atoms with Gasteiger partial charge in [0.2, 0.25) is 5.91 Å². The molecular weight excluding hydrogens is 332 g/mol. The second kappa shape index (κ2) is 8.15. The molecule has 0 aliphatic rings. The van der Waals surface area contributed by atoms with Crippen molar-refractivity contribution in [2.45, 2.75) is 6.42 Å². The second-order valence-electron chi connectivity index (χ2n) is 5.57. The maximum atomic E-state index is 12.0. The fraction of sp³-hybridized carbons (Fsp3) is 0.211. The Morgan fingerprint density at radius 2 is 1.92 bits per heavy atom. The van der Waals surface area contributed by atoms with E-state index in [1.807, 2.05) is 40.9 Å². The summed E-state index contributed by atoms with van der Waals surface area (Å²) in [5.74, 6) is 1.97. The van der Waals surface area contributed by atoms with Crippen LogP contribution in [0.3, 0.4) is 0 Å². The molecule has 0 radical (unpaired) electrons. The number of rotatable bonds is 7. The van der Waals surface area contributed by atoms with Gasteiger partial charge in [0.1, 0.15) is 17.3 Å².